The number of esters is 1. The van der Waals surface area contributed by atoms with Gasteiger partial charge in [-0.3, -0.25) is 4.79 Å². The number of hydrogen-bond donors (Lipinski definition) is 1. The number of primary amides is 1. The monoisotopic (exact) mass is 219 g/mol. The minimum Gasteiger partial charge on any atom is -0.465 e. The van der Waals surface area contributed by atoms with Gasteiger partial charge in [0.05, 0.1) is 12.7 Å². The highest BCUT2D eigenvalue weighted by atomic mass is 16.5. The first kappa shape index (κ1) is 12.0. The number of rotatable bonds is 3. The number of amides is 1. The molecule has 1 amide bonds. The van der Waals surface area contributed by atoms with Gasteiger partial charge in [-0.05, 0) is 18.1 Å². The van der Waals surface area contributed by atoms with Gasteiger partial charge in [0.2, 0.25) is 5.91 Å². The first-order valence-electron chi connectivity index (χ1n) is 4.71. The Morgan fingerprint density at radius 2 is 1.94 bits per heavy atom. The molecule has 84 valence electrons. The van der Waals surface area contributed by atoms with E-state index in [4.69, 9.17) is 5.73 Å². The Labute approximate surface area is 93.7 Å². The van der Waals surface area contributed by atoms with Crippen LogP contribution in [0.5, 0.6) is 0 Å². The summed E-state index contributed by atoms with van der Waals surface area (Å²) in [6.07, 6.45) is 1.08. The zero-order chi connectivity index (χ0) is 12.1. The number of benzene rings is 1. The van der Waals surface area contributed by atoms with E-state index < -0.39 is 11.9 Å². The smallest absolute Gasteiger partial charge is 0.338 e. The molecule has 0 unspecified atom stereocenters. The lowest BCUT2D eigenvalue weighted by Crippen LogP contribution is -2.12. The first-order chi connectivity index (χ1) is 7.56. The molecular weight excluding hydrogens is 206 g/mol. The molecule has 4 heteroatoms. The Bertz CT molecular complexity index is 449. The van der Waals surface area contributed by atoms with Crippen LogP contribution in [0.3, 0.4) is 0 Å². The van der Waals surface area contributed by atoms with Gasteiger partial charge in [-0.1, -0.05) is 24.3 Å². The van der Waals surface area contributed by atoms with Crippen LogP contribution >= 0.6 is 0 Å². The van der Waals surface area contributed by atoms with Crippen molar-refractivity contribution in [2.75, 3.05) is 7.11 Å². The molecule has 4 nitrogen and oxygen atoms in total. The van der Waals surface area contributed by atoms with Gasteiger partial charge in [0, 0.05) is 6.08 Å². The van der Waals surface area contributed by atoms with E-state index >= 15 is 0 Å². The lowest BCUT2D eigenvalue weighted by atomic mass is 10.0. The molecule has 0 atom stereocenters. The molecule has 0 aliphatic rings. The molecule has 0 saturated carbocycles. The Morgan fingerprint density at radius 3 is 2.44 bits per heavy atom. The van der Waals surface area contributed by atoms with Crippen molar-refractivity contribution in [1.29, 1.82) is 0 Å². The van der Waals surface area contributed by atoms with Crippen molar-refractivity contribution >= 4 is 17.4 Å². The highest BCUT2D eigenvalue weighted by Crippen LogP contribution is 2.19. The number of carbonyl (C=O) groups excluding carboxylic acids is 2. The molecule has 16 heavy (non-hydrogen) atoms. The molecule has 0 heterocycles. The summed E-state index contributed by atoms with van der Waals surface area (Å²) in [6.45, 7) is 1.84. The Kier molecular flexibility index (Phi) is 3.83. The van der Waals surface area contributed by atoms with Crippen molar-refractivity contribution < 1.29 is 14.3 Å². The zero-order valence-corrected chi connectivity index (χ0v) is 9.19. The predicted octanol–water partition coefficient (Wildman–Crippen LogP) is 1.04. The average molecular weight is 219 g/mol. The molecule has 0 bridgehead atoms. The molecule has 0 saturated heterocycles. The molecule has 0 fully saturated rings. The van der Waals surface area contributed by atoms with Crippen molar-refractivity contribution in [2.45, 2.75) is 6.92 Å². The van der Waals surface area contributed by atoms with Gasteiger partial charge in [0.25, 0.3) is 0 Å². The highest BCUT2D eigenvalue weighted by molar-refractivity contribution is 6.21. The van der Waals surface area contributed by atoms with Crippen LogP contribution in [0.1, 0.15) is 11.1 Å². The maximum atomic E-state index is 11.5. The summed E-state index contributed by atoms with van der Waals surface area (Å²) in [5.41, 5.74) is 6.75. The Morgan fingerprint density at radius 1 is 1.31 bits per heavy atom. The van der Waals surface area contributed by atoms with E-state index in [1.165, 1.54) is 7.11 Å². The Hall–Kier alpha value is -2.10. The van der Waals surface area contributed by atoms with Gasteiger partial charge < -0.3 is 10.5 Å². The van der Waals surface area contributed by atoms with Crippen LogP contribution in [0.4, 0.5) is 0 Å². The van der Waals surface area contributed by atoms with Crippen molar-refractivity contribution in [3.8, 4) is 0 Å². The van der Waals surface area contributed by atoms with Crippen molar-refractivity contribution in [2.24, 2.45) is 5.73 Å². The summed E-state index contributed by atoms with van der Waals surface area (Å²) in [7, 11) is 1.26. The number of ether oxygens (including phenoxy) is 1. The number of carbonyl (C=O) groups is 2. The van der Waals surface area contributed by atoms with E-state index in [0.717, 1.165) is 11.6 Å². The van der Waals surface area contributed by atoms with E-state index in [1.54, 1.807) is 12.1 Å². The topological polar surface area (TPSA) is 69.4 Å². The van der Waals surface area contributed by atoms with E-state index in [1.807, 2.05) is 19.1 Å². The van der Waals surface area contributed by atoms with Gasteiger partial charge in [-0.2, -0.15) is 0 Å². The van der Waals surface area contributed by atoms with Crippen LogP contribution in [0, 0.1) is 6.92 Å². The molecule has 0 aliphatic heterocycles. The summed E-state index contributed by atoms with van der Waals surface area (Å²) in [6, 6.07) is 7.20. The Balaban J connectivity index is 3.28. The summed E-state index contributed by atoms with van der Waals surface area (Å²) in [5, 5.41) is 0. The third-order valence-corrected chi connectivity index (χ3v) is 2.13. The van der Waals surface area contributed by atoms with Crippen LogP contribution in [0.2, 0.25) is 0 Å². The standard InChI is InChI=1S/C12H13NO3/c1-8-5-3-4-6-9(8)10(7-11(13)14)12(15)16-2/h3-7H,1-2H3,(H2,13,14)/b10-7-. The van der Waals surface area contributed by atoms with Gasteiger partial charge in [0.15, 0.2) is 0 Å². The first-order valence-corrected chi connectivity index (χ1v) is 4.71. The average Bonchev–Trinajstić information content (AvgIpc) is 2.26. The van der Waals surface area contributed by atoms with Gasteiger partial charge in [0.1, 0.15) is 0 Å². The largest absolute Gasteiger partial charge is 0.465 e. The maximum Gasteiger partial charge on any atom is 0.338 e. The van der Waals surface area contributed by atoms with Gasteiger partial charge >= 0.3 is 5.97 Å². The molecule has 0 aliphatic carbocycles. The van der Waals surface area contributed by atoms with Gasteiger partial charge in [-0.15, -0.1) is 0 Å². The van der Waals surface area contributed by atoms with E-state index in [2.05, 4.69) is 4.74 Å². The van der Waals surface area contributed by atoms with Crippen LogP contribution in [-0.2, 0) is 14.3 Å². The van der Waals surface area contributed by atoms with Gasteiger partial charge in [-0.25, -0.2) is 4.79 Å². The molecule has 1 aromatic carbocycles. The third-order valence-electron chi connectivity index (χ3n) is 2.13. The van der Waals surface area contributed by atoms with Crippen molar-refractivity contribution in [3.05, 3.63) is 41.5 Å². The summed E-state index contributed by atoms with van der Waals surface area (Å²) in [4.78, 5) is 22.4. The normalized spacial score (nSPS) is 11.0. The molecule has 2 N–H and O–H groups in total. The molecule has 0 aromatic heterocycles. The number of aryl methyl sites for hydroxylation is 1. The van der Waals surface area contributed by atoms with Crippen LogP contribution < -0.4 is 5.73 Å². The van der Waals surface area contributed by atoms with Crippen LogP contribution in [-0.4, -0.2) is 19.0 Å². The summed E-state index contributed by atoms with van der Waals surface area (Å²) < 4.78 is 4.61. The summed E-state index contributed by atoms with van der Waals surface area (Å²) >= 11 is 0. The second kappa shape index (κ2) is 5.11. The minimum absolute atomic E-state index is 0.174. The second-order valence-electron chi connectivity index (χ2n) is 3.27. The molecule has 1 aromatic rings. The van der Waals surface area contributed by atoms with Crippen molar-refractivity contribution in [1.82, 2.24) is 0 Å². The molecule has 1 rings (SSSR count). The summed E-state index contributed by atoms with van der Waals surface area (Å²) in [5.74, 6) is -1.25. The van der Waals surface area contributed by atoms with Crippen LogP contribution in [0.25, 0.3) is 5.57 Å². The van der Waals surface area contributed by atoms with E-state index in [-0.39, 0.29) is 5.57 Å². The quantitative estimate of drug-likeness (QED) is 0.610. The number of hydrogen-bond acceptors (Lipinski definition) is 3. The van der Waals surface area contributed by atoms with E-state index in [9.17, 15) is 9.59 Å². The lowest BCUT2D eigenvalue weighted by molar-refractivity contribution is -0.133. The molecular formula is C12H13NO3. The predicted molar refractivity (Wildman–Crippen MR) is 60.4 cm³/mol. The second-order valence-corrected chi connectivity index (χ2v) is 3.27. The fraction of sp³-hybridized carbons (Fsp3) is 0.167. The number of methoxy groups -OCH3 is 1. The third kappa shape index (κ3) is 2.70. The fourth-order valence-electron chi connectivity index (χ4n) is 1.37. The molecule has 0 spiro atoms. The molecule has 0 radical (unpaired) electrons. The van der Waals surface area contributed by atoms with E-state index in [0.29, 0.717) is 5.56 Å². The highest BCUT2D eigenvalue weighted by Gasteiger charge is 2.14. The number of nitrogens with two attached hydrogens (primary N) is 1. The minimum atomic E-state index is -0.677. The SMILES string of the molecule is COC(=O)/C(=C\C(N)=O)c1ccccc1C. The lowest BCUT2D eigenvalue weighted by Gasteiger charge is -2.07. The van der Waals surface area contributed by atoms with Crippen LogP contribution in [0.15, 0.2) is 30.3 Å². The maximum absolute atomic E-state index is 11.5. The van der Waals surface area contributed by atoms with Crippen molar-refractivity contribution in [3.63, 3.8) is 0 Å². The zero-order valence-electron chi connectivity index (χ0n) is 9.19. The fourth-order valence-corrected chi connectivity index (χ4v) is 1.37.